The van der Waals surface area contributed by atoms with Gasteiger partial charge in [-0.05, 0) is 160 Å². The minimum atomic E-state index is -0.942. The summed E-state index contributed by atoms with van der Waals surface area (Å²) < 4.78 is 16.3. The highest BCUT2D eigenvalue weighted by molar-refractivity contribution is 6.11. The zero-order chi connectivity index (χ0) is 54.0. The van der Waals surface area contributed by atoms with Gasteiger partial charge in [-0.1, -0.05) is 97.8 Å². The van der Waals surface area contributed by atoms with E-state index < -0.39 is 11.9 Å². The van der Waals surface area contributed by atoms with Gasteiger partial charge in [0.15, 0.2) is 11.3 Å². The molecule has 0 unspecified atom stereocenters. The van der Waals surface area contributed by atoms with Crippen molar-refractivity contribution >= 4 is 44.7 Å². The van der Waals surface area contributed by atoms with Gasteiger partial charge in [0, 0.05) is 65.7 Å². The molecule has 3 N–H and O–H groups in total. The van der Waals surface area contributed by atoms with E-state index >= 15 is 0 Å². The topological polar surface area (TPSA) is 166 Å². The fourth-order valence-corrected chi connectivity index (χ4v) is 11.4. The van der Waals surface area contributed by atoms with Crippen LogP contribution >= 0.6 is 0 Å². The average molecular weight is 1040 g/mol. The highest BCUT2D eigenvalue weighted by Crippen LogP contribution is 2.36. The first-order valence-electron chi connectivity index (χ1n) is 27.0. The summed E-state index contributed by atoms with van der Waals surface area (Å²) in [5.41, 5.74) is 14.9. The molecule has 2 saturated heterocycles. The second-order valence-electron chi connectivity index (χ2n) is 21.9. The first-order chi connectivity index (χ1) is 37.8. The van der Waals surface area contributed by atoms with Crippen molar-refractivity contribution in [2.45, 2.75) is 77.4 Å². The van der Waals surface area contributed by atoms with Crippen molar-refractivity contribution in [1.82, 2.24) is 39.0 Å². The fourth-order valence-electron chi connectivity index (χ4n) is 11.4. The monoisotopic (exact) mass is 1040 g/mol. The van der Waals surface area contributed by atoms with Gasteiger partial charge in [-0.25, -0.2) is 23.8 Å². The van der Waals surface area contributed by atoms with E-state index in [0.29, 0.717) is 16.6 Å². The number of aromatic nitrogens is 6. The molecule has 2 aliphatic rings. The molecule has 0 spiro atoms. The molecule has 0 aliphatic carbocycles. The Labute approximate surface area is 454 Å². The Balaban J connectivity index is 0.000000165. The van der Waals surface area contributed by atoms with Gasteiger partial charge in [0.05, 0.1) is 18.0 Å². The molecule has 10 aromatic rings. The molecule has 6 heterocycles. The number of benzene rings is 6. The van der Waals surface area contributed by atoms with Crippen LogP contribution in [0.25, 0.3) is 77.3 Å². The number of ether oxygens (including phenoxy) is 2. The number of carbonyl (C=O) groups excluding carboxylic acids is 1. The Morgan fingerprint density at radius 1 is 0.487 bits per heavy atom. The van der Waals surface area contributed by atoms with Crippen LogP contribution in [0.3, 0.4) is 0 Å². The lowest BCUT2D eigenvalue weighted by atomic mass is 9.96. The maximum atomic E-state index is 12.0. The van der Waals surface area contributed by atoms with Crippen LogP contribution in [-0.4, -0.2) is 106 Å². The average Bonchev–Trinajstić information content (AvgIpc) is 4.19. The quantitative estimate of drug-likeness (QED) is 0.106. The number of hydrogen-bond acceptors (Lipinski definition) is 10. The summed E-state index contributed by atoms with van der Waals surface area (Å²) in [4.78, 5) is 38.2. The summed E-state index contributed by atoms with van der Waals surface area (Å²) in [5.74, 6) is 0.333. The number of carbonyl (C=O) groups is 2. The third kappa shape index (κ3) is 11.2. The van der Waals surface area contributed by atoms with Crippen molar-refractivity contribution in [2.75, 3.05) is 39.3 Å². The molecule has 2 aliphatic heterocycles. The smallest absolute Gasteiger partial charge is 0.336 e. The molecule has 0 atom stereocenters. The second kappa shape index (κ2) is 21.9. The molecule has 4 aromatic heterocycles. The number of carboxylic acid groups (broad SMARTS) is 1. The van der Waals surface area contributed by atoms with Crippen molar-refractivity contribution < 1.29 is 24.2 Å². The molecule has 0 saturated carbocycles. The molecule has 396 valence electrons. The third-order valence-electron chi connectivity index (χ3n) is 14.9. The van der Waals surface area contributed by atoms with Crippen LogP contribution in [0.5, 0.6) is 11.5 Å². The van der Waals surface area contributed by atoms with Gasteiger partial charge in [0.25, 0.3) is 0 Å². The fraction of sp³-hybridized carbons (Fsp3) is 0.281. The summed E-state index contributed by atoms with van der Waals surface area (Å²) in [7, 11) is 0. The van der Waals surface area contributed by atoms with Gasteiger partial charge >= 0.3 is 5.97 Å². The SMILES string of the molecule is CC(C)(CN1CCCCC1)Oc1ccc(-c2cnc3c(-c4cccc5c(C(=O)O)cccc45)cnn3c2)cc1.CC(C)(CN1CCCCC1)Oc1ccc(-c2cnc3c(-c4cccc5c(C(N)=O)cccc45)cnn3c2)cc1. The van der Waals surface area contributed by atoms with Crippen LogP contribution in [0.15, 0.2) is 159 Å². The highest BCUT2D eigenvalue weighted by Gasteiger charge is 2.27. The first-order valence-corrected chi connectivity index (χ1v) is 27.0. The standard InChI is InChI=1S/C32H33N5O2.C32H32N4O3/c1-32(2,21-36-16-4-3-5-17-36)39-24-14-12-22(13-15-24)23-18-34-31-29(19-35-37(31)20-23)27-10-6-9-26-25(27)8-7-11-28(26)30(33)38;1-32(2,21-35-16-4-3-5-17-35)39-24-14-12-22(13-15-24)23-18-33-30-29(19-34-36(30)20-23)27-10-6-9-26-25(27)8-7-11-28(26)31(37)38/h6-15,18-20H,3-5,16-17,21H2,1-2H3,(H2,33,38);6-15,18-20H,3-5,16-17,21H2,1-2H3,(H,37,38). The molecule has 1 amide bonds. The molecule has 2 fully saturated rings. The molecule has 14 heteroatoms. The number of hydrogen-bond donors (Lipinski definition) is 2. The first kappa shape index (κ1) is 51.6. The Morgan fingerprint density at radius 2 is 0.885 bits per heavy atom. The van der Waals surface area contributed by atoms with Crippen molar-refractivity contribution in [1.29, 1.82) is 0 Å². The van der Waals surface area contributed by atoms with Gasteiger partial charge in [0.2, 0.25) is 5.91 Å². The van der Waals surface area contributed by atoms with Crippen molar-refractivity contribution in [2.24, 2.45) is 5.73 Å². The van der Waals surface area contributed by atoms with Gasteiger partial charge in [-0.3, -0.25) is 14.6 Å². The van der Waals surface area contributed by atoms with Gasteiger partial charge < -0.3 is 20.3 Å². The Kier molecular flexibility index (Phi) is 14.5. The summed E-state index contributed by atoms with van der Waals surface area (Å²) in [6, 6.07) is 38.8. The number of fused-ring (bicyclic) bond motifs is 4. The third-order valence-corrected chi connectivity index (χ3v) is 14.9. The summed E-state index contributed by atoms with van der Waals surface area (Å²) in [5, 5.41) is 22.1. The molecular formula is C64H65N9O5. The van der Waals surface area contributed by atoms with E-state index in [1.165, 1.54) is 38.5 Å². The van der Waals surface area contributed by atoms with Crippen LogP contribution in [0.4, 0.5) is 0 Å². The van der Waals surface area contributed by atoms with E-state index in [1.54, 1.807) is 33.4 Å². The van der Waals surface area contributed by atoms with E-state index in [0.717, 1.165) is 117 Å². The van der Waals surface area contributed by atoms with Crippen molar-refractivity contribution in [3.05, 3.63) is 170 Å². The summed E-state index contributed by atoms with van der Waals surface area (Å²) in [6.07, 6.45) is 19.0. The lowest BCUT2D eigenvalue weighted by molar-refractivity contribution is 0.0517. The number of rotatable bonds is 14. The van der Waals surface area contributed by atoms with E-state index in [-0.39, 0.29) is 16.8 Å². The maximum absolute atomic E-state index is 12.0. The zero-order valence-corrected chi connectivity index (χ0v) is 44.7. The van der Waals surface area contributed by atoms with Crippen molar-refractivity contribution in [3.63, 3.8) is 0 Å². The number of aromatic carboxylic acids is 1. The summed E-state index contributed by atoms with van der Waals surface area (Å²) in [6.45, 7) is 15.1. The molecule has 12 rings (SSSR count). The van der Waals surface area contributed by atoms with Crippen molar-refractivity contribution in [3.8, 4) is 56.0 Å². The highest BCUT2D eigenvalue weighted by atomic mass is 16.5. The molecular weight excluding hydrogens is 975 g/mol. The Bertz CT molecular complexity index is 3550. The zero-order valence-electron chi connectivity index (χ0n) is 44.7. The number of primary amides is 1. The lowest BCUT2D eigenvalue weighted by Crippen LogP contribution is -2.44. The van der Waals surface area contributed by atoms with E-state index in [1.807, 2.05) is 110 Å². The van der Waals surface area contributed by atoms with Crippen LogP contribution in [0.2, 0.25) is 0 Å². The molecule has 78 heavy (non-hydrogen) atoms. The lowest BCUT2D eigenvalue weighted by Gasteiger charge is -2.35. The number of likely N-dealkylation sites (tertiary alicyclic amines) is 2. The largest absolute Gasteiger partial charge is 0.487 e. The van der Waals surface area contributed by atoms with Crippen LogP contribution in [0, 0.1) is 0 Å². The Morgan fingerprint density at radius 3 is 1.31 bits per heavy atom. The minimum absolute atomic E-state index is 0.259. The summed E-state index contributed by atoms with van der Waals surface area (Å²) >= 11 is 0. The second-order valence-corrected chi connectivity index (χ2v) is 21.9. The maximum Gasteiger partial charge on any atom is 0.336 e. The number of carboxylic acids is 1. The van der Waals surface area contributed by atoms with Gasteiger partial charge in [-0.15, -0.1) is 0 Å². The molecule has 6 aromatic carbocycles. The number of amides is 1. The number of nitrogens with zero attached hydrogens (tertiary/aromatic N) is 8. The molecule has 14 nitrogen and oxygen atoms in total. The molecule has 0 radical (unpaired) electrons. The minimum Gasteiger partial charge on any atom is -0.487 e. The van der Waals surface area contributed by atoms with E-state index in [2.05, 4.69) is 72.0 Å². The van der Waals surface area contributed by atoms with Crippen LogP contribution < -0.4 is 15.2 Å². The predicted octanol–water partition coefficient (Wildman–Crippen LogP) is 12.5. The van der Waals surface area contributed by atoms with Crippen LogP contribution in [0.1, 0.15) is 86.9 Å². The van der Waals surface area contributed by atoms with Crippen LogP contribution in [-0.2, 0) is 0 Å². The number of nitrogens with two attached hydrogens (primary N) is 1. The van der Waals surface area contributed by atoms with E-state index in [4.69, 9.17) is 25.2 Å². The normalized spacial score (nSPS) is 14.6. The Hall–Kier alpha value is -8.46. The van der Waals surface area contributed by atoms with Gasteiger partial charge in [0.1, 0.15) is 22.7 Å². The van der Waals surface area contributed by atoms with E-state index in [9.17, 15) is 14.7 Å². The number of piperidine rings is 2. The van der Waals surface area contributed by atoms with Gasteiger partial charge in [-0.2, -0.15) is 10.2 Å². The predicted molar refractivity (Wildman–Crippen MR) is 308 cm³/mol. The molecule has 0 bridgehead atoms.